The van der Waals surface area contributed by atoms with E-state index in [1.807, 2.05) is 0 Å². The maximum atomic E-state index is 13.5. The van der Waals surface area contributed by atoms with Gasteiger partial charge in [0.05, 0.1) is 25.2 Å². The van der Waals surface area contributed by atoms with E-state index in [0.717, 1.165) is 13.3 Å². The molecular formula is C30H52N8O11S. The van der Waals surface area contributed by atoms with Gasteiger partial charge < -0.3 is 58.3 Å². The van der Waals surface area contributed by atoms with Crippen LogP contribution in [0.3, 0.4) is 0 Å². The zero-order valence-corrected chi connectivity index (χ0v) is 29.8. The van der Waals surface area contributed by atoms with Crippen LogP contribution in [0.4, 0.5) is 0 Å². The predicted octanol–water partition coefficient (Wildman–Crippen LogP) is -4.20. The number of amides is 7. The molecule has 0 aromatic carbocycles. The summed E-state index contributed by atoms with van der Waals surface area (Å²) >= 11 is 1.39. The number of hydrogen-bond donors (Lipinski definition) is 11. The number of aliphatic carboxylic acids is 1. The topological polar surface area (TPSA) is 307 Å². The number of carbonyl (C=O) groups excluding carboxylic acids is 7. The molecule has 0 spiro atoms. The number of carbonyl (C=O) groups is 8. The van der Waals surface area contributed by atoms with Crippen molar-refractivity contribution in [1.82, 2.24) is 37.2 Å². The van der Waals surface area contributed by atoms with Crippen LogP contribution in [-0.4, -0.2) is 136 Å². The van der Waals surface area contributed by atoms with Crippen molar-refractivity contribution in [3.8, 4) is 0 Å². The van der Waals surface area contributed by atoms with Crippen LogP contribution in [0.1, 0.15) is 59.8 Å². The molecule has 8 atom stereocenters. The number of aliphatic hydroxyl groups excluding tert-OH is 2. The Hall–Kier alpha value is -4.01. The first-order chi connectivity index (χ1) is 23.4. The Bertz CT molecular complexity index is 1220. The summed E-state index contributed by atoms with van der Waals surface area (Å²) in [4.78, 5) is 101. The Balaban J connectivity index is 3.09. The summed E-state index contributed by atoms with van der Waals surface area (Å²) in [6, 6.07) is -8.96. The van der Waals surface area contributed by atoms with Gasteiger partial charge in [-0.05, 0) is 64.0 Å². The second-order valence-corrected chi connectivity index (χ2v) is 13.4. The fourth-order valence-corrected chi connectivity index (χ4v) is 5.33. The first-order valence-electron chi connectivity index (χ1n) is 16.3. The van der Waals surface area contributed by atoms with Crippen LogP contribution in [-0.2, 0) is 38.4 Å². The lowest BCUT2D eigenvalue weighted by atomic mass is 10.0. The third-order valence-corrected chi connectivity index (χ3v) is 8.26. The molecule has 1 saturated heterocycles. The molecule has 0 radical (unpaired) electrons. The molecule has 50 heavy (non-hydrogen) atoms. The van der Waals surface area contributed by atoms with Crippen LogP contribution in [0.25, 0.3) is 0 Å². The molecule has 0 saturated carbocycles. The summed E-state index contributed by atoms with van der Waals surface area (Å²) in [6.45, 7) is 5.79. The van der Waals surface area contributed by atoms with Crippen LogP contribution in [0.2, 0.25) is 0 Å². The number of rotatable bonds is 22. The zero-order chi connectivity index (χ0) is 38.1. The van der Waals surface area contributed by atoms with Crippen molar-refractivity contribution in [3.05, 3.63) is 0 Å². The van der Waals surface area contributed by atoms with Crippen LogP contribution in [0.15, 0.2) is 0 Å². The van der Waals surface area contributed by atoms with Gasteiger partial charge in [0.15, 0.2) is 6.04 Å². The zero-order valence-electron chi connectivity index (χ0n) is 28.9. The number of thioether (sulfide) groups is 1. The highest BCUT2D eigenvalue weighted by atomic mass is 32.2. The molecule has 19 nitrogen and oxygen atoms in total. The lowest BCUT2D eigenvalue weighted by molar-refractivity contribution is -0.145. The van der Waals surface area contributed by atoms with Crippen LogP contribution < -0.4 is 43.0 Å². The Labute approximate surface area is 294 Å². The number of aliphatic hydroxyl groups is 2. The van der Waals surface area contributed by atoms with Gasteiger partial charge in [0.2, 0.25) is 41.4 Å². The third kappa shape index (κ3) is 15.3. The Kier molecular flexibility index (Phi) is 19.3. The minimum absolute atomic E-state index is 0.0596. The normalized spacial score (nSPS) is 18.3. The average Bonchev–Trinajstić information content (AvgIpc) is 3.58. The summed E-state index contributed by atoms with van der Waals surface area (Å²) in [5.41, 5.74) is 5.30. The van der Waals surface area contributed by atoms with Gasteiger partial charge >= 0.3 is 5.97 Å². The Morgan fingerprint density at radius 2 is 1.36 bits per heavy atom. The van der Waals surface area contributed by atoms with Gasteiger partial charge in [-0.3, -0.25) is 33.6 Å². The monoisotopic (exact) mass is 732 g/mol. The number of carboxylic acids is 1. The molecule has 1 rings (SSSR count). The molecular weight excluding hydrogens is 680 g/mol. The van der Waals surface area contributed by atoms with Crippen molar-refractivity contribution in [1.29, 1.82) is 0 Å². The van der Waals surface area contributed by atoms with E-state index in [-0.39, 0.29) is 18.8 Å². The average molecular weight is 733 g/mol. The van der Waals surface area contributed by atoms with Crippen molar-refractivity contribution in [2.75, 3.05) is 25.2 Å². The molecule has 1 aliphatic rings. The lowest BCUT2D eigenvalue weighted by Crippen LogP contribution is -2.60. The molecule has 1 aliphatic heterocycles. The van der Waals surface area contributed by atoms with E-state index < -0.39 is 109 Å². The summed E-state index contributed by atoms with van der Waals surface area (Å²) in [5.74, 6) is -7.19. The molecule has 12 N–H and O–H groups in total. The first-order valence-corrected chi connectivity index (χ1v) is 17.7. The second kappa shape index (κ2) is 21.9. The molecule has 7 amide bonds. The SMILES string of the molecule is CSCC[C@H](NC(=O)[C@H](CO)NC(=O)[C@@H]1CCCN1)C(=O)N[C@@H](CC(C)C)C(=O)N[C@@H](CC(N)=O)C(=O)N[C@@H](C)C(=O)N[C@H](C(=O)O)[C@@H](C)O. The van der Waals surface area contributed by atoms with Gasteiger partial charge in [-0.15, -0.1) is 0 Å². The van der Waals surface area contributed by atoms with E-state index in [1.165, 1.54) is 18.7 Å². The van der Waals surface area contributed by atoms with E-state index >= 15 is 0 Å². The van der Waals surface area contributed by atoms with Crippen molar-refractivity contribution in [2.45, 2.75) is 108 Å². The van der Waals surface area contributed by atoms with Crippen molar-refractivity contribution in [3.63, 3.8) is 0 Å². The molecule has 284 valence electrons. The number of nitrogens with two attached hydrogens (primary N) is 1. The molecule has 20 heteroatoms. The lowest BCUT2D eigenvalue weighted by Gasteiger charge is -2.27. The highest BCUT2D eigenvalue weighted by Crippen LogP contribution is 2.10. The van der Waals surface area contributed by atoms with E-state index in [2.05, 4.69) is 37.2 Å². The van der Waals surface area contributed by atoms with Gasteiger partial charge in [-0.2, -0.15) is 11.8 Å². The highest BCUT2D eigenvalue weighted by molar-refractivity contribution is 7.98. The molecule has 1 fully saturated rings. The van der Waals surface area contributed by atoms with Gasteiger partial charge in [-0.25, -0.2) is 4.79 Å². The second-order valence-electron chi connectivity index (χ2n) is 12.5. The molecule has 0 unspecified atom stereocenters. The van der Waals surface area contributed by atoms with Crippen molar-refractivity contribution >= 4 is 59.1 Å². The Morgan fingerprint density at radius 3 is 1.86 bits per heavy atom. The number of nitrogens with one attached hydrogen (secondary N) is 7. The van der Waals surface area contributed by atoms with E-state index in [1.54, 1.807) is 20.1 Å². The molecule has 0 aromatic rings. The maximum absolute atomic E-state index is 13.5. The van der Waals surface area contributed by atoms with Gasteiger partial charge in [0.25, 0.3) is 0 Å². The van der Waals surface area contributed by atoms with Gasteiger partial charge in [-0.1, -0.05) is 13.8 Å². The number of primary amides is 1. The van der Waals surface area contributed by atoms with Gasteiger partial charge in [0.1, 0.15) is 30.2 Å². The standard InChI is InChI=1S/C30H52N8O11S/c1-14(2)11-19(28(46)36-20(12-22(31)41)27(45)33-15(3)24(42)38-23(16(4)40)30(48)49)35-26(44)18(8-10-50-5)34-29(47)21(13-39)37-25(43)17-7-6-9-32-17/h14-21,23,32,39-40H,6-13H2,1-5H3,(H2,31,41)(H,33,45)(H,34,47)(H,35,44)(H,36,46)(H,37,43)(H,38,42)(H,48,49)/t15-,16+,17-,18-,19-,20-,21-,23-/m0/s1. The summed E-state index contributed by atoms with van der Waals surface area (Å²) in [6.07, 6.45) is 1.15. The molecule has 0 aromatic heterocycles. The smallest absolute Gasteiger partial charge is 0.328 e. The minimum atomic E-state index is -1.67. The number of carboxylic acid groups (broad SMARTS) is 1. The van der Waals surface area contributed by atoms with E-state index in [4.69, 9.17) is 5.73 Å². The van der Waals surface area contributed by atoms with E-state index in [0.29, 0.717) is 18.7 Å². The fraction of sp³-hybridized carbons (Fsp3) is 0.733. The van der Waals surface area contributed by atoms with Crippen molar-refractivity contribution < 1.29 is 53.7 Å². The molecule has 1 heterocycles. The molecule has 0 bridgehead atoms. The van der Waals surface area contributed by atoms with Crippen LogP contribution in [0, 0.1) is 5.92 Å². The predicted molar refractivity (Wildman–Crippen MR) is 181 cm³/mol. The minimum Gasteiger partial charge on any atom is -0.480 e. The summed E-state index contributed by atoms with van der Waals surface area (Å²) in [7, 11) is 0. The largest absolute Gasteiger partial charge is 0.480 e. The summed E-state index contributed by atoms with van der Waals surface area (Å²) in [5, 5.41) is 45.9. The first kappa shape index (κ1) is 44.0. The number of hydrogen-bond acceptors (Lipinski definition) is 12. The third-order valence-electron chi connectivity index (χ3n) is 7.61. The quantitative estimate of drug-likeness (QED) is 0.0504. The van der Waals surface area contributed by atoms with Crippen molar-refractivity contribution in [2.24, 2.45) is 11.7 Å². The van der Waals surface area contributed by atoms with E-state index in [9.17, 15) is 53.7 Å². The maximum Gasteiger partial charge on any atom is 0.328 e. The molecule has 0 aliphatic carbocycles. The van der Waals surface area contributed by atoms with Crippen LogP contribution >= 0.6 is 11.8 Å². The Morgan fingerprint density at radius 1 is 0.800 bits per heavy atom. The van der Waals surface area contributed by atoms with Gasteiger partial charge in [0, 0.05) is 0 Å². The summed E-state index contributed by atoms with van der Waals surface area (Å²) < 4.78 is 0. The fourth-order valence-electron chi connectivity index (χ4n) is 4.86. The van der Waals surface area contributed by atoms with Crippen LogP contribution in [0.5, 0.6) is 0 Å². The highest BCUT2D eigenvalue weighted by Gasteiger charge is 2.34.